The summed E-state index contributed by atoms with van der Waals surface area (Å²) < 4.78 is 30.3. The third-order valence-electron chi connectivity index (χ3n) is 7.97. The Morgan fingerprint density at radius 3 is 2.33 bits per heavy atom. The number of anilines is 2. The number of allylic oxidation sites excluding steroid dienone is 1. The Hall–Kier alpha value is -4.53. The molecule has 1 heterocycles. The average Bonchev–Trinajstić information content (AvgIpc) is 3.11. The van der Waals surface area contributed by atoms with Gasteiger partial charge in [0.05, 0.1) is 45.3 Å². The molecule has 0 aromatic heterocycles. The molecule has 2 aliphatic rings. The summed E-state index contributed by atoms with van der Waals surface area (Å²) in [4.78, 5) is 29.5. The molecule has 2 N–H and O–H groups in total. The fourth-order valence-corrected chi connectivity index (χ4v) is 6.04. The van der Waals surface area contributed by atoms with E-state index in [1.807, 2.05) is 41.3 Å². The summed E-state index contributed by atoms with van der Waals surface area (Å²) in [6.45, 7) is 4.55. The van der Waals surface area contributed by atoms with Gasteiger partial charge in [0, 0.05) is 24.2 Å². The number of nitrogens with zero attached hydrogens (tertiary/aromatic N) is 1. The topological polar surface area (TPSA) is 89.1 Å². The standard InChI is InChI=1S/C34H38FN3O5/c1-34(2)18-25-31(27(39)19-34)32(22-16-28(41-3)33(43-5)29(17-22)42-4)38(26-9-7-6-8-24(26)37-25)20-30(40)36-15-14-21-10-12-23(35)13-11-21/h6-13,16-17,32,37H,14-15,18-20H2,1-5H3,(H,36,40). The van der Waals surface area contributed by atoms with E-state index in [1.165, 1.54) is 12.1 Å². The Morgan fingerprint density at radius 1 is 1.00 bits per heavy atom. The highest BCUT2D eigenvalue weighted by atomic mass is 19.1. The molecule has 0 saturated carbocycles. The lowest BCUT2D eigenvalue weighted by atomic mass is 9.73. The van der Waals surface area contributed by atoms with Crippen LogP contribution in [0.15, 0.2) is 71.9 Å². The number of ether oxygens (including phenoxy) is 3. The number of hydrogen-bond acceptors (Lipinski definition) is 7. The zero-order chi connectivity index (χ0) is 30.7. The number of amides is 1. The van der Waals surface area contributed by atoms with Crippen LogP contribution in [-0.2, 0) is 16.0 Å². The van der Waals surface area contributed by atoms with Crippen molar-refractivity contribution < 1.29 is 28.2 Å². The van der Waals surface area contributed by atoms with E-state index in [1.54, 1.807) is 33.5 Å². The van der Waals surface area contributed by atoms with Crippen LogP contribution in [0.3, 0.4) is 0 Å². The summed E-state index contributed by atoms with van der Waals surface area (Å²) in [5, 5.41) is 6.58. The van der Waals surface area contributed by atoms with E-state index >= 15 is 0 Å². The third-order valence-corrected chi connectivity index (χ3v) is 7.97. The lowest BCUT2D eigenvalue weighted by molar-refractivity contribution is -0.120. The first-order chi connectivity index (χ1) is 20.6. The average molecular weight is 588 g/mol. The summed E-state index contributed by atoms with van der Waals surface area (Å²) in [6, 6.07) is 17.1. The molecule has 3 aromatic rings. The SMILES string of the molecule is COc1cc(C2C3=C(CC(C)(C)CC3=O)Nc3ccccc3N2CC(=O)NCCc2ccc(F)cc2)cc(OC)c1OC. The van der Waals surface area contributed by atoms with Gasteiger partial charge in [-0.25, -0.2) is 4.39 Å². The number of carbonyl (C=O) groups excluding carboxylic acids is 2. The molecule has 0 spiro atoms. The number of hydrogen-bond donors (Lipinski definition) is 2. The van der Waals surface area contributed by atoms with Crippen molar-refractivity contribution in [2.24, 2.45) is 5.41 Å². The Kier molecular flexibility index (Phi) is 8.62. The maximum atomic E-state index is 14.0. The number of nitrogens with one attached hydrogen (secondary N) is 2. The van der Waals surface area contributed by atoms with Crippen LogP contribution in [0.5, 0.6) is 17.2 Å². The second kappa shape index (κ2) is 12.4. The molecule has 1 aliphatic carbocycles. The minimum Gasteiger partial charge on any atom is -0.493 e. The smallest absolute Gasteiger partial charge is 0.239 e. The van der Waals surface area contributed by atoms with E-state index in [2.05, 4.69) is 24.5 Å². The van der Waals surface area contributed by atoms with E-state index in [9.17, 15) is 14.0 Å². The van der Waals surface area contributed by atoms with Crippen molar-refractivity contribution in [1.82, 2.24) is 5.32 Å². The van der Waals surface area contributed by atoms with Crippen molar-refractivity contribution in [3.05, 3.63) is 88.9 Å². The van der Waals surface area contributed by atoms with Gasteiger partial charge in [0.25, 0.3) is 0 Å². The molecule has 0 radical (unpaired) electrons. The largest absolute Gasteiger partial charge is 0.493 e. The molecule has 226 valence electrons. The van der Waals surface area contributed by atoms with Crippen molar-refractivity contribution >= 4 is 23.1 Å². The molecular weight excluding hydrogens is 549 g/mol. The fraction of sp³-hybridized carbons (Fsp3) is 0.353. The maximum absolute atomic E-state index is 14.0. The molecule has 5 rings (SSSR count). The Bertz CT molecular complexity index is 1520. The van der Waals surface area contributed by atoms with Crippen molar-refractivity contribution in [3.8, 4) is 17.2 Å². The lowest BCUT2D eigenvalue weighted by Gasteiger charge is -2.38. The molecule has 8 nitrogen and oxygen atoms in total. The van der Waals surface area contributed by atoms with Gasteiger partial charge in [-0.1, -0.05) is 38.1 Å². The minimum absolute atomic E-state index is 0.0170. The molecule has 1 aliphatic heterocycles. The van der Waals surface area contributed by atoms with Crippen molar-refractivity contribution in [2.45, 2.75) is 39.2 Å². The zero-order valence-corrected chi connectivity index (χ0v) is 25.3. The lowest BCUT2D eigenvalue weighted by Crippen LogP contribution is -2.42. The Morgan fingerprint density at radius 2 is 1.67 bits per heavy atom. The molecule has 9 heteroatoms. The summed E-state index contributed by atoms with van der Waals surface area (Å²) in [5.74, 6) is 0.868. The van der Waals surface area contributed by atoms with Crippen LogP contribution < -0.4 is 29.7 Å². The van der Waals surface area contributed by atoms with E-state index in [4.69, 9.17) is 14.2 Å². The predicted molar refractivity (Wildman–Crippen MR) is 164 cm³/mol. The maximum Gasteiger partial charge on any atom is 0.239 e. The quantitative estimate of drug-likeness (QED) is 0.326. The number of benzene rings is 3. The summed E-state index contributed by atoms with van der Waals surface area (Å²) >= 11 is 0. The van der Waals surface area contributed by atoms with Crippen LogP contribution in [0, 0.1) is 11.2 Å². The Balaban J connectivity index is 1.59. The highest BCUT2D eigenvalue weighted by Crippen LogP contribution is 2.50. The zero-order valence-electron chi connectivity index (χ0n) is 25.3. The summed E-state index contributed by atoms with van der Waals surface area (Å²) in [5.41, 5.74) is 4.48. The number of Topliss-reactive ketones (excluding diaryl/α,β-unsaturated/α-hetero) is 1. The third kappa shape index (κ3) is 6.30. The van der Waals surface area contributed by atoms with Crippen LogP contribution in [0.4, 0.5) is 15.8 Å². The van der Waals surface area contributed by atoms with Crippen molar-refractivity contribution in [1.29, 1.82) is 0 Å². The van der Waals surface area contributed by atoms with Crippen LogP contribution in [0.25, 0.3) is 0 Å². The highest BCUT2D eigenvalue weighted by Gasteiger charge is 2.42. The normalized spacial score (nSPS) is 17.3. The van der Waals surface area contributed by atoms with Gasteiger partial charge in [0.15, 0.2) is 17.3 Å². The fourth-order valence-electron chi connectivity index (χ4n) is 6.04. The first kappa shape index (κ1) is 29.9. The first-order valence-electron chi connectivity index (χ1n) is 14.3. The van der Waals surface area contributed by atoms with Crippen molar-refractivity contribution in [2.75, 3.05) is 44.6 Å². The van der Waals surface area contributed by atoms with Crippen LogP contribution in [-0.4, -0.2) is 46.1 Å². The monoisotopic (exact) mass is 587 g/mol. The number of halogens is 1. The van der Waals surface area contributed by atoms with Gasteiger partial charge in [0.1, 0.15) is 5.82 Å². The highest BCUT2D eigenvalue weighted by molar-refractivity contribution is 6.02. The number of rotatable bonds is 9. The van der Waals surface area contributed by atoms with E-state index in [0.717, 1.165) is 28.2 Å². The van der Waals surface area contributed by atoms with Crippen LogP contribution in [0.1, 0.15) is 43.9 Å². The second-order valence-corrected chi connectivity index (χ2v) is 11.7. The van der Waals surface area contributed by atoms with Gasteiger partial charge < -0.3 is 29.7 Å². The van der Waals surface area contributed by atoms with Gasteiger partial charge in [-0.15, -0.1) is 0 Å². The van der Waals surface area contributed by atoms with E-state index in [0.29, 0.717) is 48.6 Å². The first-order valence-corrected chi connectivity index (χ1v) is 14.3. The van der Waals surface area contributed by atoms with Gasteiger partial charge in [-0.3, -0.25) is 9.59 Å². The molecule has 43 heavy (non-hydrogen) atoms. The van der Waals surface area contributed by atoms with Crippen molar-refractivity contribution in [3.63, 3.8) is 0 Å². The number of carbonyl (C=O) groups is 2. The van der Waals surface area contributed by atoms with E-state index in [-0.39, 0.29) is 29.5 Å². The number of para-hydroxylation sites is 2. The molecule has 1 unspecified atom stereocenters. The van der Waals surface area contributed by atoms with Gasteiger partial charge >= 0.3 is 0 Å². The molecule has 1 amide bonds. The van der Waals surface area contributed by atoms with Gasteiger partial charge in [-0.2, -0.15) is 0 Å². The number of methoxy groups -OCH3 is 3. The molecule has 0 bridgehead atoms. The molecular formula is C34H38FN3O5. The predicted octanol–water partition coefficient (Wildman–Crippen LogP) is 5.83. The molecule has 0 saturated heterocycles. The van der Waals surface area contributed by atoms with E-state index < -0.39 is 6.04 Å². The molecule has 0 fully saturated rings. The van der Waals surface area contributed by atoms with Crippen LogP contribution >= 0.6 is 0 Å². The molecule has 3 aromatic carbocycles. The minimum atomic E-state index is -0.619. The molecule has 1 atom stereocenters. The van der Waals surface area contributed by atoms with Gasteiger partial charge in [-0.05, 0) is 65.8 Å². The Labute approximate surface area is 251 Å². The number of ketones is 1. The second-order valence-electron chi connectivity index (χ2n) is 11.7. The number of fused-ring (bicyclic) bond motifs is 1. The van der Waals surface area contributed by atoms with Crippen LogP contribution in [0.2, 0.25) is 0 Å². The summed E-state index contributed by atoms with van der Waals surface area (Å²) in [7, 11) is 4.65. The summed E-state index contributed by atoms with van der Waals surface area (Å²) in [6.07, 6.45) is 1.60. The van der Waals surface area contributed by atoms with Gasteiger partial charge in [0.2, 0.25) is 11.7 Å².